The van der Waals surface area contributed by atoms with Gasteiger partial charge in [-0.05, 0) is 0 Å². The van der Waals surface area contributed by atoms with Crippen molar-refractivity contribution in [1.82, 2.24) is 0 Å². The van der Waals surface area contributed by atoms with Crippen LogP contribution in [0.25, 0.3) is 0 Å². The maximum absolute atomic E-state index is 10.5. The summed E-state index contributed by atoms with van der Waals surface area (Å²) in [5, 5.41) is 34.1. The first-order chi connectivity index (χ1) is 8.27. The Labute approximate surface area is 109 Å². The molecule has 8 nitrogen and oxygen atoms in total. The van der Waals surface area contributed by atoms with Crippen LogP contribution in [-0.2, 0) is 19.2 Å². The highest BCUT2D eigenvalue weighted by molar-refractivity contribution is 8.76. The van der Waals surface area contributed by atoms with Crippen LogP contribution in [0.2, 0.25) is 0 Å². The standard InChI is InChI=1S/C8H10O8S2/c9-5(10)3(6(11)12)1-17-18-2-4(7(13)14)8(15)16/h3-4H,1-2H2,(H,9,10)(H,11,12)(H,13,14)(H,15,16). The molecule has 0 spiro atoms. The SMILES string of the molecule is O=C(O)C(CSSCC(C(=O)O)C(=O)O)C(=O)O. The third kappa shape index (κ3) is 5.77. The summed E-state index contributed by atoms with van der Waals surface area (Å²) in [5.41, 5.74) is 0. The second-order valence-electron chi connectivity index (χ2n) is 3.03. The van der Waals surface area contributed by atoms with Gasteiger partial charge in [0, 0.05) is 11.5 Å². The summed E-state index contributed by atoms with van der Waals surface area (Å²) in [5.74, 6) is -9.74. The fraction of sp³-hybridized carbons (Fsp3) is 0.500. The Morgan fingerprint density at radius 3 is 1.06 bits per heavy atom. The van der Waals surface area contributed by atoms with E-state index in [1.54, 1.807) is 0 Å². The second kappa shape index (κ2) is 7.82. The highest BCUT2D eigenvalue weighted by atomic mass is 33.1. The van der Waals surface area contributed by atoms with Crippen molar-refractivity contribution >= 4 is 45.5 Å². The molecule has 0 amide bonds. The predicted octanol–water partition coefficient (Wildman–Crippen LogP) is -0.0614. The lowest BCUT2D eigenvalue weighted by Crippen LogP contribution is -2.26. The second-order valence-corrected chi connectivity index (χ2v) is 5.58. The van der Waals surface area contributed by atoms with Crippen LogP contribution in [0.15, 0.2) is 0 Å². The monoisotopic (exact) mass is 298 g/mol. The van der Waals surface area contributed by atoms with Crippen molar-refractivity contribution in [2.75, 3.05) is 11.5 Å². The smallest absolute Gasteiger partial charge is 0.318 e. The summed E-state index contributed by atoms with van der Waals surface area (Å²) < 4.78 is 0. The van der Waals surface area contributed by atoms with Gasteiger partial charge in [0.25, 0.3) is 0 Å². The molecular weight excluding hydrogens is 288 g/mol. The molecule has 0 saturated carbocycles. The van der Waals surface area contributed by atoms with Crippen molar-refractivity contribution in [3.8, 4) is 0 Å². The molecule has 0 aromatic heterocycles. The Kier molecular flexibility index (Phi) is 7.20. The normalized spacial score (nSPS) is 10.6. The van der Waals surface area contributed by atoms with Gasteiger partial charge < -0.3 is 20.4 Å². The molecule has 0 aliphatic rings. The molecule has 0 aromatic rings. The lowest BCUT2D eigenvalue weighted by atomic mass is 10.2. The summed E-state index contributed by atoms with van der Waals surface area (Å²) >= 11 is 0. The molecule has 0 aliphatic carbocycles. The summed E-state index contributed by atoms with van der Waals surface area (Å²) in [4.78, 5) is 42.0. The van der Waals surface area contributed by atoms with Gasteiger partial charge in [-0.3, -0.25) is 19.2 Å². The van der Waals surface area contributed by atoms with Crippen LogP contribution in [0, 0.1) is 11.8 Å². The van der Waals surface area contributed by atoms with Crippen LogP contribution in [0.3, 0.4) is 0 Å². The van der Waals surface area contributed by atoms with Crippen LogP contribution in [0.5, 0.6) is 0 Å². The third-order valence-electron chi connectivity index (χ3n) is 1.75. The van der Waals surface area contributed by atoms with E-state index < -0.39 is 35.7 Å². The molecule has 0 heterocycles. The van der Waals surface area contributed by atoms with Crippen molar-refractivity contribution in [2.24, 2.45) is 11.8 Å². The average molecular weight is 298 g/mol. The van der Waals surface area contributed by atoms with E-state index in [9.17, 15) is 19.2 Å². The fourth-order valence-electron chi connectivity index (χ4n) is 0.729. The third-order valence-corrected chi connectivity index (χ3v) is 4.17. The lowest BCUT2D eigenvalue weighted by Gasteiger charge is -2.08. The van der Waals surface area contributed by atoms with Gasteiger partial charge in [0.1, 0.15) is 0 Å². The topological polar surface area (TPSA) is 149 Å². The summed E-state index contributed by atoms with van der Waals surface area (Å²) in [6.07, 6.45) is 0. The quantitative estimate of drug-likeness (QED) is 0.259. The molecule has 0 aliphatic heterocycles. The van der Waals surface area contributed by atoms with Gasteiger partial charge in [-0.15, -0.1) is 0 Å². The first-order valence-corrected chi connectivity index (χ1v) is 6.91. The maximum Gasteiger partial charge on any atom is 0.318 e. The molecule has 4 N–H and O–H groups in total. The average Bonchev–Trinajstić information content (AvgIpc) is 2.20. The predicted molar refractivity (Wildman–Crippen MR) is 62.4 cm³/mol. The van der Waals surface area contributed by atoms with Crippen molar-refractivity contribution < 1.29 is 39.6 Å². The minimum Gasteiger partial charge on any atom is -0.481 e. The Bertz CT molecular complexity index is 293. The molecular formula is C8H10O8S2. The van der Waals surface area contributed by atoms with Crippen LogP contribution in [-0.4, -0.2) is 55.8 Å². The van der Waals surface area contributed by atoms with Crippen molar-refractivity contribution in [3.63, 3.8) is 0 Å². The van der Waals surface area contributed by atoms with Crippen LogP contribution >= 0.6 is 21.6 Å². The largest absolute Gasteiger partial charge is 0.481 e. The number of hydrogen-bond acceptors (Lipinski definition) is 6. The van der Waals surface area contributed by atoms with E-state index >= 15 is 0 Å². The van der Waals surface area contributed by atoms with E-state index in [0.29, 0.717) is 0 Å². The van der Waals surface area contributed by atoms with Gasteiger partial charge in [-0.1, -0.05) is 21.6 Å². The number of carboxylic acid groups (broad SMARTS) is 4. The van der Waals surface area contributed by atoms with Crippen LogP contribution in [0.1, 0.15) is 0 Å². The first kappa shape index (κ1) is 16.6. The molecule has 0 bridgehead atoms. The molecule has 10 heteroatoms. The Hall–Kier alpha value is -1.42. The molecule has 18 heavy (non-hydrogen) atoms. The van der Waals surface area contributed by atoms with E-state index in [1.165, 1.54) is 0 Å². The highest BCUT2D eigenvalue weighted by Crippen LogP contribution is 2.26. The molecule has 0 rings (SSSR count). The molecule has 0 radical (unpaired) electrons. The number of carbonyl (C=O) groups is 4. The molecule has 0 saturated heterocycles. The Balaban J connectivity index is 4.12. The highest BCUT2D eigenvalue weighted by Gasteiger charge is 2.28. The van der Waals surface area contributed by atoms with Gasteiger partial charge in [0.05, 0.1) is 0 Å². The zero-order chi connectivity index (χ0) is 14.3. The first-order valence-electron chi connectivity index (χ1n) is 4.43. The van der Waals surface area contributed by atoms with Crippen LogP contribution in [0.4, 0.5) is 0 Å². The zero-order valence-corrected chi connectivity index (χ0v) is 10.4. The number of hydrogen-bond donors (Lipinski definition) is 4. The summed E-state index contributed by atoms with van der Waals surface area (Å²) in [7, 11) is 1.62. The lowest BCUT2D eigenvalue weighted by molar-refractivity contribution is -0.155. The molecule has 0 aromatic carbocycles. The van der Waals surface area contributed by atoms with E-state index in [4.69, 9.17) is 20.4 Å². The zero-order valence-electron chi connectivity index (χ0n) is 8.81. The Morgan fingerprint density at radius 1 is 0.667 bits per heavy atom. The van der Waals surface area contributed by atoms with E-state index in [1.807, 2.05) is 0 Å². The van der Waals surface area contributed by atoms with Crippen LogP contribution < -0.4 is 0 Å². The summed E-state index contributed by atoms with van der Waals surface area (Å²) in [6.45, 7) is 0. The van der Waals surface area contributed by atoms with Gasteiger partial charge in [0.15, 0.2) is 11.8 Å². The van der Waals surface area contributed by atoms with Crippen molar-refractivity contribution in [1.29, 1.82) is 0 Å². The van der Waals surface area contributed by atoms with Crippen molar-refractivity contribution in [2.45, 2.75) is 0 Å². The minimum atomic E-state index is -1.60. The summed E-state index contributed by atoms with van der Waals surface area (Å²) in [6, 6.07) is 0. The van der Waals surface area contributed by atoms with Gasteiger partial charge in [0.2, 0.25) is 0 Å². The fourth-order valence-corrected chi connectivity index (χ4v) is 3.16. The maximum atomic E-state index is 10.5. The van der Waals surface area contributed by atoms with Gasteiger partial charge >= 0.3 is 23.9 Å². The molecule has 0 unspecified atom stereocenters. The number of aliphatic carboxylic acids is 4. The van der Waals surface area contributed by atoms with Crippen molar-refractivity contribution in [3.05, 3.63) is 0 Å². The molecule has 0 fully saturated rings. The van der Waals surface area contributed by atoms with Gasteiger partial charge in [-0.25, -0.2) is 0 Å². The van der Waals surface area contributed by atoms with E-state index in [-0.39, 0.29) is 11.5 Å². The Morgan fingerprint density at radius 2 is 0.889 bits per heavy atom. The van der Waals surface area contributed by atoms with E-state index in [2.05, 4.69) is 0 Å². The van der Waals surface area contributed by atoms with Gasteiger partial charge in [-0.2, -0.15) is 0 Å². The molecule has 102 valence electrons. The number of rotatable bonds is 9. The van der Waals surface area contributed by atoms with E-state index in [0.717, 1.165) is 21.6 Å². The number of carboxylic acids is 4. The minimum absolute atomic E-state index is 0.276. The molecule has 0 atom stereocenters.